The van der Waals surface area contributed by atoms with Crippen LogP contribution in [0.25, 0.3) is 0 Å². The molecular weight excluding hydrogens is 215 g/mol. The third-order valence-corrected chi connectivity index (χ3v) is 8.16. The number of hydrogen-bond acceptors (Lipinski definition) is 0. The van der Waals surface area contributed by atoms with Gasteiger partial charge >= 0.3 is 53.8 Å². The zero-order chi connectivity index (χ0) is 6.15. The summed E-state index contributed by atoms with van der Waals surface area (Å²) in [5.41, 5.74) is 7.08. The first-order valence-electron chi connectivity index (χ1n) is 2.53. The second-order valence-electron chi connectivity index (χ2n) is 3.23. The van der Waals surface area contributed by atoms with E-state index < -0.39 is 10.6 Å². The van der Waals surface area contributed by atoms with E-state index in [2.05, 4.69) is 38.0 Å². The van der Waals surface area contributed by atoms with Crippen molar-refractivity contribution in [2.75, 3.05) is 0 Å². The first-order chi connectivity index (χ1) is 2.81. The van der Waals surface area contributed by atoms with Crippen LogP contribution in [-0.4, -0.2) is 10.6 Å². The van der Waals surface area contributed by atoms with Gasteiger partial charge in [0.2, 0.25) is 0 Å². The minimum absolute atomic E-state index is 1.33. The van der Waals surface area contributed by atoms with Crippen molar-refractivity contribution >= 4 is 24.5 Å². The van der Waals surface area contributed by atoms with Crippen LogP contribution in [0, 0.1) is 0 Å². The van der Waals surface area contributed by atoms with Crippen LogP contribution in [0.2, 0.25) is 22.3 Å². The topological polar surface area (TPSA) is 0 Å². The van der Waals surface area contributed by atoms with E-state index in [0.29, 0.717) is 0 Å². The molecule has 0 amide bonds. The molecule has 0 saturated carbocycles. The van der Waals surface area contributed by atoms with Gasteiger partial charge in [-0.25, -0.2) is 0 Å². The van der Waals surface area contributed by atoms with E-state index in [1.807, 2.05) is 0 Å². The summed E-state index contributed by atoms with van der Waals surface area (Å²) in [5, 5.41) is 1.33. The number of rotatable bonds is 1. The van der Waals surface area contributed by atoms with Crippen LogP contribution in [0.4, 0.5) is 0 Å². The van der Waals surface area contributed by atoms with Crippen molar-refractivity contribution in [1.82, 2.24) is 0 Å². The molecule has 2 heteroatoms. The van der Waals surface area contributed by atoms with Crippen LogP contribution >= 0.6 is 13.9 Å². The molecule has 0 heterocycles. The van der Waals surface area contributed by atoms with Gasteiger partial charge in [-0.15, -0.1) is 0 Å². The number of halogens is 1. The summed E-state index contributed by atoms with van der Waals surface area (Å²) >= 11 is 3.76. The van der Waals surface area contributed by atoms with Crippen molar-refractivity contribution in [2.45, 2.75) is 29.3 Å². The zero-order valence-electron chi connectivity index (χ0n) is 5.53. The molecule has 0 aliphatic rings. The molecule has 0 rings (SSSR count). The standard InChI is InChI=1S/C5H14AsBr/c1-5-6(2,3,4)7/h5H2,1-4H3. The summed E-state index contributed by atoms with van der Waals surface area (Å²) in [6.07, 6.45) is 0. The number of hydrogen-bond donors (Lipinski definition) is 0. The molecule has 0 fully saturated rings. The van der Waals surface area contributed by atoms with Gasteiger partial charge in [0.05, 0.1) is 0 Å². The Morgan fingerprint density at radius 2 is 1.43 bits per heavy atom. The molecule has 46 valence electrons. The molecule has 0 aromatic heterocycles. The second-order valence-corrected chi connectivity index (χ2v) is 30.5. The van der Waals surface area contributed by atoms with E-state index in [0.717, 1.165) is 0 Å². The fourth-order valence-corrected chi connectivity index (χ4v) is 0. The third-order valence-electron chi connectivity index (χ3n) is 1.07. The van der Waals surface area contributed by atoms with Crippen molar-refractivity contribution in [1.29, 1.82) is 0 Å². The fourth-order valence-electron chi connectivity index (χ4n) is 0. The maximum absolute atomic E-state index is 3.76. The Morgan fingerprint density at radius 3 is 1.43 bits per heavy atom. The Hall–Kier alpha value is 1.04. The van der Waals surface area contributed by atoms with Crippen molar-refractivity contribution in [3.05, 3.63) is 0 Å². The van der Waals surface area contributed by atoms with Gasteiger partial charge in [0.1, 0.15) is 0 Å². The van der Waals surface area contributed by atoms with Crippen molar-refractivity contribution < 1.29 is 0 Å². The molecule has 0 atom stereocenters. The average molecular weight is 229 g/mol. The summed E-state index contributed by atoms with van der Waals surface area (Å²) in [5.74, 6) is 0. The van der Waals surface area contributed by atoms with Crippen LogP contribution in [0.3, 0.4) is 0 Å². The van der Waals surface area contributed by atoms with Crippen LogP contribution in [-0.2, 0) is 0 Å². The Balaban J connectivity index is 3.83. The van der Waals surface area contributed by atoms with Crippen LogP contribution in [0.15, 0.2) is 0 Å². The molecule has 0 bridgehead atoms. The maximum atomic E-state index is 3.76. The monoisotopic (exact) mass is 228 g/mol. The zero-order valence-corrected chi connectivity index (χ0v) is 8.99. The van der Waals surface area contributed by atoms with Crippen molar-refractivity contribution in [3.8, 4) is 0 Å². The quantitative estimate of drug-likeness (QED) is 0.605. The van der Waals surface area contributed by atoms with E-state index in [1.54, 1.807) is 0 Å². The molecule has 0 aromatic carbocycles. The molecule has 7 heavy (non-hydrogen) atoms. The van der Waals surface area contributed by atoms with E-state index in [-0.39, 0.29) is 0 Å². The van der Waals surface area contributed by atoms with Gasteiger partial charge in [-0.2, -0.15) is 0 Å². The van der Waals surface area contributed by atoms with Gasteiger partial charge in [0.15, 0.2) is 0 Å². The molecule has 0 unspecified atom stereocenters. The van der Waals surface area contributed by atoms with Gasteiger partial charge < -0.3 is 0 Å². The van der Waals surface area contributed by atoms with Gasteiger partial charge in [-0.3, -0.25) is 0 Å². The first-order valence-corrected chi connectivity index (χ1v) is 13.9. The van der Waals surface area contributed by atoms with Crippen LogP contribution in [0.5, 0.6) is 0 Å². The summed E-state index contributed by atoms with van der Waals surface area (Å²) in [6.45, 7) is 2.25. The van der Waals surface area contributed by atoms with Crippen molar-refractivity contribution in [3.63, 3.8) is 0 Å². The van der Waals surface area contributed by atoms with Crippen molar-refractivity contribution in [2.24, 2.45) is 0 Å². The Labute approximate surface area is 53.9 Å². The Bertz CT molecular complexity index is 60.6. The molecule has 0 nitrogen and oxygen atoms in total. The SMILES string of the molecule is CC[As](C)(C)(C)Br. The van der Waals surface area contributed by atoms with Gasteiger partial charge in [0.25, 0.3) is 0 Å². The predicted octanol–water partition coefficient (Wildman–Crippen LogP) is 3.19. The molecule has 0 radical (unpaired) electrons. The van der Waals surface area contributed by atoms with Gasteiger partial charge in [-0.1, -0.05) is 0 Å². The molecule has 0 N–H and O–H groups in total. The molecule has 0 aliphatic heterocycles. The average Bonchev–Trinajstić information content (AvgIpc) is 1.32. The Morgan fingerprint density at radius 1 is 1.29 bits per heavy atom. The summed E-state index contributed by atoms with van der Waals surface area (Å²) in [7, 11) is -1.72. The summed E-state index contributed by atoms with van der Waals surface area (Å²) < 4.78 is 0. The minimum atomic E-state index is -1.72. The Kier molecular flexibility index (Phi) is 2.03. The predicted molar refractivity (Wildman–Crippen MR) is 42.8 cm³/mol. The van der Waals surface area contributed by atoms with Gasteiger partial charge in [0, 0.05) is 0 Å². The second kappa shape index (κ2) is 1.77. The molecule has 0 aromatic rings. The summed E-state index contributed by atoms with van der Waals surface area (Å²) in [6, 6.07) is 0. The summed E-state index contributed by atoms with van der Waals surface area (Å²) in [4.78, 5) is 0. The third kappa shape index (κ3) is 7.04. The molecule has 0 saturated heterocycles. The van der Waals surface area contributed by atoms with E-state index in [1.165, 1.54) is 5.21 Å². The molecule has 0 aliphatic carbocycles. The van der Waals surface area contributed by atoms with Gasteiger partial charge in [-0.05, 0) is 0 Å². The fraction of sp³-hybridized carbons (Fsp3) is 1.00. The molecular formula is C5H14AsBr. The normalized spacial score (nSPS) is 18.1. The van der Waals surface area contributed by atoms with E-state index in [9.17, 15) is 0 Å². The van der Waals surface area contributed by atoms with E-state index >= 15 is 0 Å². The molecule has 0 spiro atoms. The van der Waals surface area contributed by atoms with Crippen LogP contribution in [0.1, 0.15) is 6.92 Å². The van der Waals surface area contributed by atoms with E-state index in [4.69, 9.17) is 0 Å². The first kappa shape index (κ1) is 8.04. The van der Waals surface area contributed by atoms with Crippen LogP contribution < -0.4 is 0 Å².